The van der Waals surface area contributed by atoms with Crippen LogP contribution in [0.3, 0.4) is 0 Å². The van der Waals surface area contributed by atoms with Gasteiger partial charge in [0.25, 0.3) is 0 Å². The van der Waals surface area contributed by atoms with Gasteiger partial charge in [-0.3, -0.25) is 4.79 Å². The van der Waals surface area contributed by atoms with E-state index in [4.69, 9.17) is 0 Å². The predicted octanol–water partition coefficient (Wildman–Crippen LogP) is 3.21. The van der Waals surface area contributed by atoms with Crippen molar-refractivity contribution in [2.75, 3.05) is 6.54 Å². The summed E-state index contributed by atoms with van der Waals surface area (Å²) in [7, 11) is 0. The molecule has 27 heavy (non-hydrogen) atoms. The van der Waals surface area contributed by atoms with Crippen LogP contribution in [0.1, 0.15) is 44.2 Å². The van der Waals surface area contributed by atoms with Gasteiger partial charge in [-0.15, -0.1) is 0 Å². The number of hydrogen-bond donors (Lipinski definition) is 3. The van der Waals surface area contributed by atoms with E-state index >= 15 is 0 Å². The second-order valence-corrected chi connectivity index (χ2v) is 7.84. The van der Waals surface area contributed by atoms with E-state index in [0.717, 1.165) is 30.5 Å². The van der Waals surface area contributed by atoms with E-state index in [-0.39, 0.29) is 11.9 Å². The highest BCUT2D eigenvalue weighted by Crippen LogP contribution is 2.35. The van der Waals surface area contributed by atoms with Crippen molar-refractivity contribution >= 4 is 5.91 Å². The summed E-state index contributed by atoms with van der Waals surface area (Å²) in [6.07, 6.45) is 2.53. The minimum absolute atomic E-state index is 0.0246. The van der Waals surface area contributed by atoms with Crippen LogP contribution in [0, 0.1) is 5.92 Å². The van der Waals surface area contributed by atoms with E-state index in [0.29, 0.717) is 12.3 Å². The van der Waals surface area contributed by atoms with Crippen LogP contribution in [0.5, 0.6) is 0 Å². The van der Waals surface area contributed by atoms with E-state index in [1.807, 2.05) is 60.7 Å². The SMILES string of the molecule is CC(C)C[C@@H](NC(=O)[C@@H]1CCCN1)C(O)(c1ccccc1)c1ccccc1. The Bertz CT molecular complexity index is 685. The number of nitrogens with one attached hydrogen (secondary N) is 2. The molecule has 4 nitrogen and oxygen atoms in total. The third-order valence-electron chi connectivity index (χ3n) is 5.33. The van der Waals surface area contributed by atoms with Crippen LogP contribution in [-0.4, -0.2) is 29.6 Å². The summed E-state index contributed by atoms with van der Waals surface area (Å²) in [4.78, 5) is 12.9. The Kier molecular flexibility index (Phi) is 6.30. The molecule has 2 atom stereocenters. The summed E-state index contributed by atoms with van der Waals surface area (Å²) < 4.78 is 0. The number of rotatable bonds is 7. The molecule has 3 rings (SSSR count). The fourth-order valence-electron chi connectivity index (χ4n) is 3.94. The van der Waals surface area contributed by atoms with Crippen LogP contribution in [-0.2, 0) is 10.4 Å². The number of benzene rings is 2. The smallest absolute Gasteiger partial charge is 0.237 e. The van der Waals surface area contributed by atoms with Gasteiger partial charge in [-0.05, 0) is 42.9 Å². The first-order chi connectivity index (χ1) is 13.0. The van der Waals surface area contributed by atoms with Gasteiger partial charge in [0.15, 0.2) is 0 Å². The normalized spacial score (nSPS) is 18.4. The number of hydrogen-bond acceptors (Lipinski definition) is 3. The van der Waals surface area contributed by atoms with E-state index in [1.165, 1.54) is 0 Å². The summed E-state index contributed by atoms with van der Waals surface area (Å²) in [5.74, 6) is 0.300. The second-order valence-electron chi connectivity index (χ2n) is 7.84. The first-order valence-corrected chi connectivity index (χ1v) is 9.89. The molecule has 2 aromatic rings. The van der Waals surface area contributed by atoms with Crippen molar-refractivity contribution in [1.82, 2.24) is 10.6 Å². The zero-order valence-electron chi connectivity index (χ0n) is 16.2. The van der Waals surface area contributed by atoms with Gasteiger partial charge in [0.1, 0.15) is 5.60 Å². The third kappa shape index (κ3) is 4.40. The summed E-state index contributed by atoms with van der Waals surface area (Å²) in [6.45, 7) is 5.10. The first kappa shape index (κ1) is 19.6. The van der Waals surface area contributed by atoms with Crippen LogP contribution < -0.4 is 10.6 Å². The minimum atomic E-state index is -1.29. The maximum atomic E-state index is 12.9. The molecule has 4 heteroatoms. The second kappa shape index (κ2) is 8.68. The van der Waals surface area contributed by atoms with Gasteiger partial charge in [-0.2, -0.15) is 0 Å². The van der Waals surface area contributed by atoms with Gasteiger partial charge in [0.2, 0.25) is 5.91 Å². The maximum Gasteiger partial charge on any atom is 0.237 e. The van der Waals surface area contributed by atoms with Gasteiger partial charge in [-0.25, -0.2) is 0 Å². The largest absolute Gasteiger partial charge is 0.378 e. The Labute approximate surface area is 162 Å². The summed E-state index contributed by atoms with van der Waals surface area (Å²) >= 11 is 0. The summed E-state index contributed by atoms with van der Waals surface area (Å²) in [5, 5.41) is 18.4. The van der Waals surface area contributed by atoms with Crippen LogP contribution in [0.25, 0.3) is 0 Å². The van der Waals surface area contributed by atoms with Crippen molar-refractivity contribution < 1.29 is 9.90 Å². The van der Waals surface area contributed by atoms with Gasteiger partial charge in [-0.1, -0.05) is 74.5 Å². The molecule has 1 aliphatic heterocycles. The monoisotopic (exact) mass is 366 g/mol. The molecule has 2 aromatic carbocycles. The number of amides is 1. The topological polar surface area (TPSA) is 61.4 Å². The predicted molar refractivity (Wildman–Crippen MR) is 108 cm³/mol. The number of carbonyl (C=O) groups excluding carboxylic acids is 1. The summed E-state index contributed by atoms with van der Waals surface area (Å²) in [6, 6.07) is 18.7. The molecule has 0 saturated carbocycles. The quantitative estimate of drug-likeness (QED) is 0.705. The highest BCUT2D eigenvalue weighted by atomic mass is 16.3. The van der Waals surface area contributed by atoms with Crippen molar-refractivity contribution in [3.63, 3.8) is 0 Å². The van der Waals surface area contributed by atoms with Crippen LogP contribution in [0.4, 0.5) is 0 Å². The Morgan fingerprint density at radius 2 is 1.67 bits per heavy atom. The van der Waals surface area contributed by atoms with Crippen LogP contribution >= 0.6 is 0 Å². The molecule has 0 spiro atoms. The lowest BCUT2D eigenvalue weighted by molar-refractivity contribution is -0.125. The van der Waals surface area contributed by atoms with Gasteiger partial charge >= 0.3 is 0 Å². The Hall–Kier alpha value is -2.17. The average molecular weight is 367 g/mol. The first-order valence-electron chi connectivity index (χ1n) is 9.89. The fourth-order valence-corrected chi connectivity index (χ4v) is 3.94. The fraction of sp³-hybridized carbons (Fsp3) is 0.435. The zero-order valence-corrected chi connectivity index (χ0v) is 16.2. The van der Waals surface area contributed by atoms with Crippen molar-refractivity contribution in [2.24, 2.45) is 5.92 Å². The van der Waals surface area contributed by atoms with Crippen LogP contribution in [0.2, 0.25) is 0 Å². The Morgan fingerprint density at radius 1 is 1.11 bits per heavy atom. The summed E-state index contributed by atoms with van der Waals surface area (Å²) in [5.41, 5.74) is 0.296. The highest BCUT2D eigenvalue weighted by Gasteiger charge is 2.42. The molecule has 1 saturated heterocycles. The van der Waals surface area contributed by atoms with E-state index in [1.54, 1.807) is 0 Å². The Morgan fingerprint density at radius 3 is 2.11 bits per heavy atom. The standard InChI is InChI=1S/C23H30N2O2/c1-17(2)16-21(25-22(26)20-14-9-15-24-20)23(27,18-10-5-3-6-11-18)19-12-7-4-8-13-19/h3-8,10-13,17,20-21,24,27H,9,14-16H2,1-2H3,(H,25,26)/t20-,21+/m0/s1. The molecule has 0 aliphatic carbocycles. The molecule has 1 amide bonds. The molecule has 0 bridgehead atoms. The third-order valence-corrected chi connectivity index (χ3v) is 5.33. The lowest BCUT2D eigenvalue weighted by atomic mass is 9.77. The lowest BCUT2D eigenvalue weighted by Gasteiger charge is -2.39. The van der Waals surface area contributed by atoms with Crippen LogP contribution in [0.15, 0.2) is 60.7 Å². The molecule has 1 aliphatic rings. The van der Waals surface area contributed by atoms with Crippen molar-refractivity contribution in [3.8, 4) is 0 Å². The number of aliphatic hydroxyl groups is 1. The van der Waals surface area contributed by atoms with Crippen molar-refractivity contribution in [3.05, 3.63) is 71.8 Å². The molecular weight excluding hydrogens is 336 g/mol. The molecule has 144 valence electrons. The van der Waals surface area contributed by atoms with Gasteiger partial charge in [0, 0.05) is 0 Å². The molecule has 0 unspecified atom stereocenters. The van der Waals surface area contributed by atoms with Gasteiger partial charge < -0.3 is 15.7 Å². The lowest BCUT2D eigenvalue weighted by Crippen LogP contribution is -2.55. The van der Waals surface area contributed by atoms with E-state index < -0.39 is 11.6 Å². The van der Waals surface area contributed by atoms with Crippen molar-refractivity contribution in [1.29, 1.82) is 0 Å². The average Bonchev–Trinajstić information content (AvgIpc) is 3.23. The molecule has 3 N–H and O–H groups in total. The Balaban J connectivity index is 2.01. The van der Waals surface area contributed by atoms with E-state index in [2.05, 4.69) is 24.5 Å². The van der Waals surface area contributed by atoms with Gasteiger partial charge in [0.05, 0.1) is 12.1 Å². The zero-order chi connectivity index (χ0) is 19.3. The molecule has 0 aromatic heterocycles. The van der Waals surface area contributed by atoms with E-state index in [9.17, 15) is 9.90 Å². The molecule has 1 fully saturated rings. The highest BCUT2D eigenvalue weighted by molar-refractivity contribution is 5.82. The molecule has 0 radical (unpaired) electrons. The number of carbonyl (C=O) groups is 1. The molecular formula is C23H30N2O2. The molecule has 1 heterocycles. The van der Waals surface area contributed by atoms with Crippen molar-refractivity contribution in [2.45, 2.75) is 50.8 Å². The maximum absolute atomic E-state index is 12.9. The minimum Gasteiger partial charge on any atom is -0.378 e.